The fraction of sp³-hybridized carbons (Fsp3) is 0.500. The minimum atomic E-state index is -3.65. The summed E-state index contributed by atoms with van der Waals surface area (Å²) < 4.78 is 38.2. The van der Waals surface area contributed by atoms with Crippen LogP contribution in [0.15, 0.2) is 17.0 Å². The first-order valence-corrected chi connectivity index (χ1v) is 8.62. The summed E-state index contributed by atoms with van der Waals surface area (Å²) >= 11 is 0. The number of benzene rings is 1. The third kappa shape index (κ3) is 3.08. The van der Waals surface area contributed by atoms with Crippen molar-refractivity contribution in [3.05, 3.63) is 17.7 Å². The molecule has 0 spiro atoms. The molecule has 1 aromatic rings. The van der Waals surface area contributed by atoms with Gasteiger partial charge in [-0.25, -0.2) is 13.1 Å². The van der Waals surface area contributed by atoms with Crippen LogP contribution in [-0.2, 0) is 19.6 Å². The molecule has 22 heavy (non-hydrogen) atoms. The van der Waals surface area contributed by atoms with Gasteiger partial charge in [0.25, 0.3) is 5.91 Å². The molecule has 7 nitrogen and oxygen atoms in total. The van der Waals surface area contributed by atoms with E-state index in [0.717, 1.165) is 12.8 Å². The molecule has 0 saturated carbocycles. The standard InChI is InChI=1S/C14H18N2O5S/c1-9-5-11-12(21-8-14(17)16-11)6-13(9)22(18,19)15-7-10-3-2-4-20-10/h5-6,10,15H,2-4,7-8H2,1H3,(H,16,17). The highest BCUT2D eigenvalue weighted by Crippen LogP contribution is 2.32. The van der Waals surface area contributed by atoms with E-state index in [9.17, 15) is 13.2 Å². The van der Waals surface area contributed by atoms with Crippen molar-refractivity contribution in [3.8, 4) is 5.75 Å². The third-order valence-electron chi connectivity index (χ3n) is 3.72. The van der Waals surface area contributed by atoms with E-state index >= 15 is 0 Å². The van der Waals surface area contributed by atoms with Crippen molar-refractivity contribution in [2.45, 2.75) is 30.8 Å². The molecule has 1 aromatic carbocycles. The molecule has 1 atom stereocenters. The molecule has 0 aromatic heterocycles. The van der Waals surface area contributed by atoms with Gasteiger partial charge in [-0.05, 0) is 31.4 Å². The molecule has 120 valence electrons. The molecule has 8 heteroatoms. The maximum atomic E-state index is 12.5. The van der Waals surface area contributed by atoms with Crippen LogP contribution in [0.4, 0.5) is 5.69 Å². The highest BCUT2D eigenvalue weighted by Gasteiger charge is 2.25. The van der Waals surface area contributed by atoms with Gasteiger partial charge >= 0.3 is 0 Å². The Hall–Kier alpha value is -1.64. The number of carbonyl (C=O) groups is 1. The second kappa shape index (κ2) is 5.86. The van der Waals surface area contributed by atoms with E-state index < -0.39 is 10.0 Å². The van der Waals surface area contributed by atoms with E-state index in [-0.39, 0.29) is 30.1 Å². The molecule has 3 rings (SSSR count). The predicted molar refractivity (Wildman–Crippen MR) is 79.5 cm³/mol. The molecule has 2 N–H and O–H groups in total. The van der Waals surface area contributed by atoms with Crippen molar-refractivity contribution in [2.24, 2.45) is 0 Å². The van der Waals surface area contributed by atoms with Gasteiger partial charge in [0.05, 0.1) is 16.7 Å². The van der Waals surface area contributed by atoms with E-state index in [0.29, 0.717) is 23.6 Å². The fourth-order valence-electron chi connectivity index (χ4n) is 2.59. The average molecular weight is 326 g/mol. The van der Waals surface area contributed by atoms with Crippen molar-refractivity contribution in [1.29, 1.82) is 0 Å². The molecular formula is C14H18N2O5S. The molecule has 2 aliphatic rings. The van der Waals surface area contributed by atoms with Crippen LogP contribution in [0.5, 0.6) is 5.75 Å². The average Bonchev–Trinajstić information content (AvgIpc) is 2.97. The maximum Gasteiger partial charge on any atom is 0.262 e. The van der Waals surface area contributed by atoms with E-state index in [2.05, 4.69) is 10.0 Å². The smallest absolute Gasteiger partial charge is 0.262 e. The van der Waals surface area contributed by atoms with E-state index in [1.165, 1.54) is 6.07 Å². The van der Waals surface area contributed by atoms with Crippen LogP contribution < -0.4 is 14.8 Å². The molecule has 0 bridgehead atoms. The van der Waals surface area contributed by atoms with Gasteiger partial charge in [-0.2, -0.15) is 0 Å². The van der Waals surface area contributed by atoms with Crippen LogP contribution in [0.25, 0.3) is 0 Å². The minimum absolute atomic E-state index is 0.0664. The molecule has 2 aliphatic heterocycles. The van der Waals surface area contributed by atoms with E-state index in [1.807, 2.05) is 0 Å². The molecule has 0 radical (unpaired) electrons. The first-order chi connectivity index (χ1) is 10.5. The van der Waals surface area contributed by atoms with Gasteiger partial charge in [0.15, 0.2) is 6.61 Å². The Morgan fingerprint density at radius 3 is 2.95 bits per heavy atom. The van der Waals surface area contributed by atoms with Crippen molar-refractivity contribution in [1.82, 2.24) is 4.72 Å². The summed E-state index contributed by atoms with van der Waals surface area (Å²) in [6.07, 6.45) is 1.75. The summed E-state index contributed by atoms with van der Waals surface area (Å²) in [7, 11) is -3.65. The summed E-state index contributed by atoms with van der Waals surface area (Å²) in [5.74, 6) is 0.113. The van der Waals surface area contributed by atoms with Crippen LogP contribution in [0, 0.1) is 6.92 Å². The second-order valence-electron chi connectivity index (χ2n) is 5.44. The number of amides is 1. The number of anilines is 1. The highest BCUT2D eigenvalue weighted by atomic mass is 32.2. The first-order valence-electron chi connectivity index (χ1n) is 7.14. The lowest BCUT2D eigenvalue weighted by Gasteiger charge is -2.20. The molecular weight excluding hydrogens is 308 g/mol. The normalized spacial score (nSPS) is 21.1. The second-order valence-corrected chi connectivity index (χ2v) is 7.17. The Bertz CT molecular complexity index is 695. The lowest BCUT2D eigenvalue weighted by molar-refractivity contribution is -0.118. The number of aryl methyl sites for hydroxylation is 1. The zero-order valence-corrected chi connectivity index (χ0v) is 13.0. The topological polar surface area (TPSA) is 93.7 Å². The Labute approximate surface area is 129 Å². The zero-order valence-electron chi connectivity index (χ0n) is 12.2. The number of hydrogen-bond acceptors (Lipinski definition) is 5. The lowest BCUT2D eigenvalue weighted by atomic mass is 10.2. The minimum Gasteiger partial charge on any atom is -0.482 e. The molecule has 1 saturated heterocycles. The van der Waals surface area contributed by atoms with Crippen molar-refractivity contribution in [3.63, 3.8) is 0 Å². The van der Waals surface area contributed by atoms with Gasteiger partial charge < -0.3 is 14.8 Å². The van der Waals surface area contributed by atoms with Crippen LogP contribution in [0.2, 0.25) is 0 Å². The maximum absolute atomic E-state index is 12.5. The van der Waals surface area contributed by atoms with Gasteiger partial charge in [0, 0.05) is 19.2 Å². The SMILES string of the molecule is Cc1cc2c(cc1S(=O)(=O)NCC1CCCO1)OCC(=O)N2. The summed E-state index contributed by atoms with van der Waals surface area (Å²) in [4.78, 5) is 11.4. The largest absolute Gasteiger partial charge is 0.482 e. The quantitative estimate of drug-likeness (QED) is 0.853. The zero-order chi connectivity index (χ0) is 15.7. The molecule has 1 unspecified atom stereocenters. The molecule has 1 fully saturated rings. The number of sulfonamides is 1. The number of carbonyl (C=O) groups excluding carboxylic acids is 1. The summed E-state index contributed by atoms with van der Waals surface area (Å²) in [6.45, 7) is 2.51. The van der Waals surface area contributed by atoms with Gasteiger partial charge in [-0.1, -0.05) is 0 Å². The highest BCUT2D eigenvalue weighted by molar-refractivity contribution is 7.89. The Morgan fingerprint density at radius 1 is 1.41 bits per heavy atom. The van der Waals surface area contributed by atoms with Crippen LogP contribution in [-0.4, -0.2) is 40.2 Å². The van der Waals surface area contributed by atoms with E-state index in [1.54, 1.807) is 13.0 Å². The van der Waals surface area contributed by atoms with Gasteiger partial charge in [0.1, 0.15) is 5.75 Å². The third-order valence-corrected chi connectivity index (χ3v) is 5.29. The first kappa shape index (κ1) is 15.3. The molecule has 1 amide bonds. The van der Waals surface area contributed by atoms with Crippen LogP contribution in [0.1, 0.15) is 18.4 Å². The number of nitrogens with one attached hydrogen (secondary N) is 2. The number of rotatable bonds is 4. The Balaban J connectivity index is 1.82. The number of fused-ring (bicyclic) bond motifs is 1. The molecule has 2 heterocycles. The van der Waals surface area contributed by atoms with Crippen LogP contribution >= 0.6 is 0 Å². The Morgan fingerprint density at radius 2 is 2.23 bits per heavy atom. The van der Waals surface area contributed by atoms with Crippen molar-refractivity contribution in [2.75, 3.05) is 25.1 Å². The van der Waals surface area contributed by atoms with Gasteiger partial charge in [-0.3, -0.25) is 4.79 Å². The number of hydrogen-bond donors (Lipinski definition) is 2. The van der Waals surface area contributed by atoms with Crippen molar-refractivity contribution >= 4 is 21.6 Å². The van der Waals surface area contributed by atoms with Gasteiger partial charge in [-0.15, -0.1) is 0 Å². The number of ether oxygens (including phenoxy) is 2. The fourth-order valence-corrected chi connectivity index (χ4v) is 3.90. The predicted octanol–water partition coefficient (Wildman–Crippen LogP) is 0.783. The monoisotopic (exact) mass is 326 g/mol. The summed E-state index contributed by atoms with van der Waals surface area (Å²) in [6, 6.07) is 3.05. The van der Waals surface area contributed by atoms with Crippen molar-refractivity contribution < 1.29 is 22.7 Å². The summed E-state index contributed by atoms with van der Waals surface area (Å²) in [5, 5.41) is 2.66. The Kier molecular flexibility index (Phi) is 4.07. The van der Waals surface area contributed by atoms with Gasteiger partial charge in [0.2, 0.25) is 10.0 Å². The van der Waals surface area contributed by atoms with Crippen LogP contribution in [0.3, 0.4) is 0 Å². The molecule has 0 aliphatic carbocycles. The summed E-state index contributed by atoms with van der Waals surface area (Å²) in [5.41, 5.74) is 1.04. The lowest BCUT2D eigenvalue weighted by Crippen LogP contribution is -2.32. The van der Waals surface area contributed by atoms with E-state index in [4.69, 9.17) is 9.47 Å².